The number of aromatic nitrogens is 2. The zero-order valence-electron chi connectivity index (χ0n) is 11.2. The van der Waals surface area contributed by atoms with Gasteiger partial charge in [-0.05, 0) is 40.0 Å². The lowest BCUT2D eigenvalue weighted by Crippen LogP contribution is -2.23. The van der Waals surface area contributed by atoms with Crippen molar-refractivity contribution in [1.29, 1.82) is 0 Å². The van der Waals surface area contributed by atoms with Gasteiger partial charge in [-0.15, -0.1) is 0 Å². The van der Waals surface area contributed by atoms with Crippen LogP contribution in [0, 0.1) is 5.92 Å². The molecule has 1 rings (SSSR count). The average Bonchev–Trinajstić information content (AvgIpc) is 2.58. The van der Waals surface area contributed by atoms with E-state index in [1.165, 1.54) is 0 Å². The maximum Gasteiger partial charge on any atom is 0.0817 e. The summed E-state index contributed by atoms with van der Waals surface area (Å²) in [5, 5.41) is 8.31. The number of hydrogen-bond acceptors (Lipinski definition) is 3. The van der Waals surface area contributed by atoms with Gasteiger partial charge < -0.3 is 10.2 Å². The van der Waals surface area contributed by atoms with Crippen LogP contribution in [-0.2, 0) is 13.0 Å². The van der Waals surface area contributed by atoms with E-state index in [0.717, 1.165) is 36.8 Å². The second-order valence-electron chi connectivity index (χ2n) is 4.83. The zero-order valence-corrected chi connectivity index (χ0v) is 12.0. The minimum atomic E-state index is 0.562. The van der Waals surface area contributed by atoms with Crippen molar-refractivity contribution in [2.45, 2.75) is 19.9 Å². The number of hydrogen-bond donors (Lipinski definition) is 1. The Morgan fingerprint density at radius 1 is 1.53 bits per heavy atom. The Morgan fingerprint density at radius 2 is 2.24 bits per heavy atom. The fourth-order valence-electron chi connectivity index (χ4n) is 1.83. The van der Waals surface area contributed by atoms with Gasteiger partial charge in [0, 0.05) is 6.54 Å². The summed E-state index contributed by atoms with van der Waals surface area (Å²) in [5.74, 6) is 0.562. The molecule has 17 heavy (non-hydrogen) atoms. The van der Waals surface area contributed by atoms with E-state index in [4.69, 9.17) is 11.6 Å². The summed E-state index contributed by atoms with van der Waals surface area (Å²) in [5.41, 5.74) is 1.15. The van der Waals surface area contributed by atoms with Crippen LogP contribution in [-0.4, -0.2) is 48.9 Å². The van der Waals surface area contributed by atoms with Crippen molar-refractivity contribution in [3.63, 3.8) is 0 Å². The number of rotatable bonds is 7. The van der Waals surface area contributed by atoms with Crippen LogP contribution in [0.2, 0.25) is 5.02 Å². The van der Waals surface area contributed by atoms with Crippen LogP contribution in [0.5, 0.6) is 0 Å². The molecule has 5 heteroatoms. The van der Waals surface area contributed by atoms with Crippen molar-refractivity contribution >= 4 is 11.6 Å². The highest BCUT2D eigenvalue weighted by atomic mass is 35.5. The van der Waals surface area contributed by atoms with E-state index >= 15 is 0 Å². The Hall–Kier alpha value is -0.580. The molecule has 1 heterocycles. The molecule has 0 aliphatic carbocycles. The van der Waals surface area contributed by atoms with Gasteiger partial charge in [-0.25, -0.2) is 0 Å². The molecule has 0 saturated heterocycles. The Bertz CT molecular complexity index is 335. The van der Waals surface area contributed by atoms with E-state index in [1.54, 1.807) is 6.20 Å². The summed E-state index contributed by atoms with van der Waals surface area (Å²) in [6.07, 6.45) is 2.71. The first-order valence-corrected chi connectivity index (χ1v) is 6.42. The highest BCUT2D eigenvalue weighted by Crippen LogP contribution is 2.18. The molecule has 0 aromatic carbocycles. The van der Waals surface area contributed by atoms with Crippen LogP contribution in [0.4, 0.5) is 0 Å². The van der Waals surface area contributed by atoms with Crippen molar-refractivity contribution in [1.82, 2.24) is 20.0 Å². The Balaban J connectivity index is 2.65. The molecule has 4 nitrogen and oxygen atoms in total. The second-order valence-corrected chi connectivity index (χ2v) is 5.24. The number of halogens is 1. The topological polar surface area (TPSA) is 33.1 Å². The van der Waals surface area contributed by atoms with Gasteiger partial charge in [-0.3, -0.25) is 4.68 Å². The smallest absolute Gasteiger partial charge is 0.0817 e. The van der Waals surface area contributed by atoms with E-state index in [9.17, 15) is 0 Å². The van der Waals surface area contributed by atoms with Crippen molar-refractivity contribution in [2.75, 3.05) is 34.2 Å². The molecule has 0 aliphatic rings. The first-order valence-electron chi connectivity index (χ1n) is 6.04. The van der Waals surface area contributed by atoms with E-state index in [-0.39, 0.29) is 0 Å². The van der Waals surface area contributed by atoms with Gasteiger partial charge in [0.25, 0.3) is 0 Å². The fourth-order valence-corrected chi connectivity index (χ4v) is 2.05. The SMILES string of the molecule is CNCC(C)Cc1c(Cl)cnn1CCN(C)C. The summed E-state index contributed by atoms with van der Waals surface area (Å²) in [4.78, 5) is 2.15. The number of nitrogens with zero attached hydrogens (tertiary/aromatic N) is 3. The minimum absolute atomic E-state index is 0.562. The van der Waals surface area contributed by atoms with Gasteiger partial charge in [-0.1, -0.05) is 18.5 Å². The fraction of sp³-hybridized carbons (Fsp3) is 0.750. The molecular weight excluding hydrogens is 236 g/mol. The molecule has 0 radical (unpaired) electrons. The van der Waals surface area contributed by atoms with Crippen molar-refractivity contribution < 1.29 is 0 Å². The molecule has 1 unspecified atom stereocenters. The van der Waals surface area contributed by atoms with E-state index in [1.807, 2.05) is 11.7 Å². The molecule has 98 valence electrons. The predicted octanol–water partition coefficient (Wildman–Crippen LogP) is 1.50. The first-order chi connectivity index (χ1) is 8.04. The quantitative estimate of drug-likeness (QED) is 0.805. The molecule has 0 saturated carbocycles. The minimum Gasteiger partial charge on any atom is -0.319 e. The Kier molecular flexibility index (Phi) is 5.95. The molecule has 1 aromatic rings. The van der Waals surface area contributed by atoms with Crippen LogP contribution in [0.1, 0.15) is 12.6 Å². The average molecular weight is 259 g/mol. The third kappa shape index (κ3) is 4.66. The predicted molar refractivity (Wildman–Crippen MR) is 72.6 cm³/mol. The highest BCUT2D eigenvalue weighted by molar-refractivity contribution is 6.31. The molecule has 1 N–H and O–H groups in total. The second kappa shape index (κ2) is 6.99. The van der Waals surface area contributed by atoms with Crippen LogP contribution in [0.3, 0.4) is 0 Å². The largest absolute Gasteiger partial charge is 0.319 e. The molecule has 0 spiro atoms. The summed E-state index contributed by atoms with van der Waals surface area (Å²) >= 11 is 6.19. The van der Waals surface area contributed by atoms with Gasteiger partial charge in [0.1, 0.15) is 0 Å². The van der Waals surface area contributed by atoms with E-state index < -0.39 is 0 Å². The normalized spacial score (nSPS) is 13.3. The van der Waals surface area contributed by atoms with Crippen molar-refractivity contribution in [3.8, 4) is 0 Å². The molecule has 0 fully saturated rings. The van der Waals surface area contributed by atoms with E-state index in [2.05, 4.69) is 36.3 Å². The van der Waals surface area contributed by atoms with E-state index in [0.29, 0.717) is 5.92 Å². The van der Waals surface area contributed by atoms with Crippen molar-refractivity contribution in [2.24, 2.45) is 5.92 Å². The standard InChI is InChI=1S/C12H23ClN4/c1-10(8-14-2)7-12-11(13)9-15-17(12)6-5-16(3)4/h9-10,14H,5-8H2,1-4H3. The summed E-state index contributed by atoms with van der Waals surface area (Å²) in [6, 6.07) is 0. The molecule has 0 amide bonds. The maximum atomic E-state index is 6.19. The van der Waals surface area contributed by atoms with Crippen LogP contribution in [0.15, 0.2) is 6.20 Å². The number of nitrogens with one attached hydrogen (secondary N) is 1. The third-order valence-corrected chi connectivity index (χ3v) is 3.07. The molecule has 0 bridgehead atoms. The summed E-state index contributed by atoms with van der Waals surface area (Å²) in [7, 11) is 6.10. The number of likely N-dealkylation sites (N-methyl/N-ethyl adjacent to an activating group) is 1. The van der Waals surface area contributed by atoms with Gasteiger partial charge in [0.05, 0.1) is 23.5 Å². The highest BCUT2D eigenvalue weighted by Gasteiger charge is 2.12. The maximum absolute atomic E-state index is 6.19. The first kappa shape index (κ1) is 14.5. The molecule has 1 atom stereocenters. The van der Waals surface area contributed by atoms with Gasteiger partial charge >= 0.3 is 0 Å². The summed E-state index contributed by atoms with van der Waals surface area (Å²) in [6.45, 7) is 5.08. The molecule has 1 aromatic heterocycles. The van der Waals surface area contributed by atoms with Crippen LogP contribution >= 0.6 is 11.6 Å². The van der Waals surface area contributed by atoms with Crippen LogP contribution in [0.25, 0.3) is 0 Å². The van der Waals surface area contributed by atoms with Gasteiger partial charge in [0.2, 0.25) is 0 Å². The lowest BCUT2D eigenvalue weighted by molar-refractivity contribution is 0.366. The van der Waals surface area contributed by atoms with Crippen molar-refractivity contribution in [3.05, 3.63) is 16.9 Å². The molecular formula is C12H23ClN4. The lowest BCUT2D eigenvalue weighted by Gasteiger charge is -2.15. The zero-order chi connectivity index (χ0) is 12.8. The van der Waals surface area contributed by atoms with Gasteiger partial charge in [-0.2, -0.15) is 5.10 Å². The monoisotopic (exact) mass is 258 g/mol. The Labute approximate surface area is 109 Å². The van der Waals surface area contributed by atoms with Crippen LogP contribution < -0.4 is 5.32 Å². The van der Waals surface area contributed by atoms with Gasteiger partial charge in [0.15, 0.2) is 0 Å². The molecule has 0 aliphatic heterocycles. The lowest BCUT2D eigenvalue weighted by atomic mass is 10.1. The summed E-state index contributed by atoms with van der Waals surface area (Å²) < 4.78 is 2.02. The third-order valence-electron chi connectivity index (χ3n) is 2.75. The Morgan fingerprint density at radius 3 is 2.82 bits per heavy atom.